The summed E-state index contributed by atoms with van der Waals surface area (Å²) in [5.41, 5.74) is 0.519. The zero-order chi connectivity index (χ0) is 26.9. The molecule has 0 fully saturated rings. The summed E-state index contributed by atoms with van der Waals surface area (Å²) in [4.78, 5) is 50.3. The molecule has 0 aromatic heterocycles. The number of nitrogens with one attached hydrogen (secondary N) is 2. The highest BCUT2D eigenvalue weighted by Crippen LogP contribution is 2.34. The van der Waals surface area contributed by atoms with Crippen molar-refractivity contribution in [3.8, 4) is 5.75 Å². The fraction of sp³-hybridized carbons (Fsp3) is 0.0400. The monoisotopic (exact) mass is 558 g/mol. The standard InChI is InChI=1S/C25H16Cl3N3O6/c1-37-19-11-17(16(27)10-14(19)25(35)36)30-22(32)12-6-8-13(9-7-12)29-21-20(28)23(33)31(24(21)34)18-5-3-2-4-15(18)26/h2-11,29H,1H3,(H,30,32)(H,35,36)/p-1. The van der Waals surface area contributed by atoms with Crippen molar-refractivity contribution in [1.82, 2.24) is 0 Å². The first-order valence-electron chi connectivity index (χ1n) is 10.4. The Labute approximate surface area is 225 Å². The lowest BCUT2D eigenvalue weighted by molar-refractivity contribution is -0.255. The fourth-order valence-corrected chi connectivity index (χ4v) is 4.13. The number of nitrogens with zero attached hydrogens (tertiary/aromatic N) is 1. The van der Waals surface area contributed by atoms with Crippen molar-refractivity contribution in [2.45, 2.75) is 0 Å². The molecule has 3 amide bonds. The van der Waals surface area contributed by atoms with Crippen molar-refractivity contribution in [2.24, 2.45) is 0 Å². The molecule has 4 rings (SSSR count). The summed E-state index contributed by atoms with van der Waals surface area (Å²) in [5, 5.41) is 16.5. The summed E-state index contributed by atoms with van der Waals surface area (Å²) < 4.78 is 5.02. The van der Waals surface area contributed by atoms with E-state index < -0.39 is 23.7 Å². The smallest absolute Gasteiger partial charge is 0.283 e. The van der Waals surface area contributed by atoms with E-state index in [9.17, 15) is 24.3 Å². The Bertz CT molecular complexity index is 1490. The predicted octanol–water partition coefficient (Wildman–Crippen LogP) is 4.05. The Morgan fingerprint density at radius 2 is 1.59 bits per heavy atom. The van der Waals surface area contributed by atoms with E-state index in [4.69, 9.17) is 39.5 Å². The molecule has 1 aliphatic rings. The van der Waals surface area contributed by atoms with E-state index >= 15 is 0 Å². The molecular weight excluding hydrogens is 545 g/mol. The Morgan fingerprint density at radius 3 is 2.22 bits per heavy atom. The van der Waals surface area contributed by atoms with Crippen LogP contribution in [0.25, 0.3) is 0 Å². The molecule has 0 atom stereocenters. The van der Waals surface area contributed by atoms with Crippen LogP contribution < -0.4 is 25.4 Å². The second-order valence-corrected chi connectivity index (χ2v) is 8.75. The van der Waals surface area contributed by atoms with Gasteiger partial charge in [0.1, 0.15) is 16.5 Å². The van der Waals surface area contributed by atoms with Gasteiger partial charge in [0.2, 0.25) is 0 Å². The maximum Gasteiger partial charge on any atom is 0.283 e. The van der Waals surface area contributed by atoms with Gasteiger partial charge in [-0.15, -0.1) is 0 Å². The number of aromatic carboxylic acids is 1. The fourth-order valence-electron chi connectivity index (χ4n) is 3.48. The summed E-state index contributed by atoms with van der Waals surface area (Å²) in [6, 6.07) is 14.7. The number of halogens is 3. The van der Waals surface area contributed by atoms with E-state index in [1.807, 2.05) is 0 Å². The van der Waals surface area contributed by atoms with E-state index in [2.05, 4.69) is 10.6 Å². The number of imide groups is 1. The van der Waals surface area contributed by atoms with Crippen LogP contribution in [0.4, 0.5) is 17.1 Å². The van der Waals surface area contributed by atoms with Gasteiger partial charge in [0.05, 0.1) is 34.5 Å². The number of carboxylic acids is 1. The number of para-hydroxylation sites is 1. The molecule has 3 aromatic carbocycles. The third-order valence-corrected chi connectivity index (χ3v) is 6.28. The van der Waals surface area contributed by atoms with Crippen LogP contribution in [-0.4, -0.2) is 30.8 Å². The topological polar surface area (TPSA) is 128 Å². The van der Waals surface area contributed by atoms with E-state index in [0.29, 0.717) is 5.69 Å². The normalized spacial score (nSPS) is 13.1. The third-order valence-electron chi connectivity index (χ3n) is 5.29. The maximum absolute atomic E-state index is 12.9. The molecule has 0 aliphatic carbocycles. The summed E-state index contributed by atoms with van der Waals surface area (Å²) in [5.74, 6) is -3.48. The highest BCUT2D eigenvalue weighted by molar-refractivity contribution is 6.53. The molecule has 0 saturated carbocycles. The van der Waals surface area contributed by atoms with Crippen LogP contribution >= 0.6 is 34.8 Å². The number of hydrogen-bond donors (Lipinski definition) is 2. The number of rotatable bonds is 7. The van der Waals surface area contributed by atoms with Crippen LogP contribution in [0.1, 0.15) is 20.7 Å². The minimum Gasteiger partial charge on any atom is -0.545 e. The Morgan fingerprint density at radius 1 is 0.919 bits per heavy atom. The van der Waals surface area contributed by atoms with Gasteiger partial charge < -0.3 is 25.3 Å². The van der Waals surface area contributed by atoms with Gasteiger partial charge in [0.25, 0.3) is 17.7 Å². The highest BCUT2D eigenvalue weighted by Gasteiger charge is 2.39. The van der Waals surface area contributed by atoms with Crippen LogP contribution in [0.15, 0.2) is 71.4 Å². The molecule has 12 heteroatoms. The Balaban J connectivity index is 1.50. The first kappa shape index (κ1) is 26.0. The molecule has 2 N–H and O–H groups in total. The number of carbonyl (C=O) groups excluding carboxylic acids is 4. The van der Waals surface area contributed by atoms with E-state index in [1.54, 1.807) is 18.2 Å². The zero-order valence-electron chi connectivity index (χ0n) is 18.8. The van der Waals surface area contributed by atoms with Crippen LogP contribution in [0, 0.1) is 0 Å². The highest BCUT2D eigenvalue weighted by atomic mass is 35.5. The van der Waals surface area contributed by atoms with Gasteiger partial charge in [0, 0.05) is 22.9 Å². The number of carboxylic acid groups (broad SMARTS) is 1. The largest absolute Gasteiger partial charge is 0.545 e. The molecule has 0 spiro atoms. The molecule has 1 heterocycles. The zero-order valence-corrected chi connectivity index (χ0v) is 21.1. The number of ether oxygens (including phenoxy) is 1. The summed E-state index contributed by atoms with van der Waals surface area (Å²) in [6.07, 6.45) is 0. The van der Waals surface area contributed by atoms with Gasteiger partial charge >= 0.3 is 0 Å². The van der Waals surface area contributed by atoms with E-state index in [1.165, 1.54) is 43.5 Å². The molecule has 0 unspecified atom stereocenters. The van der Waals surface area contributed by atoms with Crippen molar-refractivity contribution in [3.05, 3.63) is 92.6 Å². The van der Waals surface area contributed by atoms with Gasteiger partial charge in [-0.2, -0.15) is 0 Å². The second-order valence-electron chi connectivity index (χ2n) is 7.56. The lowest BCUT2D eigenvalue weighted by Crippen LogP contribution is -2.32. The molecular formula is C25H15Cl3N3O6-. The minimum atomic E-state index is -1.48. The van der Waals surface area contributed by atoms with Crippen LogP contribution in [0.5, 0.6) is 5.75 Å². The summed E-state index contributed by atoms with van der Waals surface area (Å²) >= 11 is 18.4. The first-order valence-corrected chi connectivity index (χ1v) is 11.6. The van der Waals surface area contributed by atoms with E-state index in [-0.39, 0.29) is 49.0 Å². The Hall–Kier alpha value is -4.05. The average molecular weight is 560 g/mol. The first-order chi connectivity index (χ1) is 17.6. The van der Waals surface area contributed by atoms with Gasteiger partial charge in [-0.3, -0.25) is 14.4 Å². The molecule has 37 heavy (non-hydrogen) atoms. The second kappa shape index (κ2) is 10.5. The summed E-state index contributed by atoms with van der Waals surface area (Å²) in [7, 11) is 1.27. The van der Waals surface area contributed by atoms with Crippen molar-refractivity contribution >= 4 is 75.6 Å². The number of hydrogen-bond acceptors (Lipinski definition) is 7. The Kier molecular flexibility index (Phi) is 7.40. The minimum absolute atomic E-state index is 0.0271. The SMILES string of the molecule is COc1cc(NC(=O)c2ccc(NC3=C(Cl)C(=O)N(c4ccccc4Cl)C3=O)cc2)c(Cl)cc1C(=O)[O-]. The number of benzene rings is 3. The lowest BCUT2D eigenvalue weighted by atomic mass is 10.1. The summed E-state index contributed by atoms with van der Waals surface area (Å²) in [6.45, 7) is 0. The number of anilines is 3. The van der Waals surface area contributed by atoms with Crippen LogP contribution in [0.2, 0.25) is 10.0 Å². The molecule has 1 aliphatic heterocycles. The van der Waals surface area contributed by atoms with Crippen LogP contribution in [0.3, 0.4) is 0 Å². The van der Waals surface area contributed by atoms with E-state index in [0.717, 1.165) is 11.0 Å². The molecule has 0 saturated heterocycles. The van der Waals surface area contributed by atoms with Crippen molar-refractivity contribution in [1.29, 1.82) is 0 Å². The molecule has 0 bridgehead atoms. The van der Waals surface area contributed by atoms with Crippen molar-refractivity contribution in [3.63, 3.8) is 0 Å². The van der Waals surface area contributed by atoms with Gasteiger partial charge in [0.15, 0.2) is 0 Å². The number of amides is 3. The lowest BCUT2D eigenvalue weighted by Gasteiger charge is -2.16. The number of carbonyl (C=O) groups is 4. The van der Waals surface area contributed by atoms with Gasteiger partial charge in [-0.05, 0) is 42.5 Å². The molecule has 9 nitrogen and oxygen atoms in total. The predicted molar refractivity (Wildman–Crippen MR) is 137 cm³/mol. The van der Waals surface area contributed by atoms with Gasteiger partial charge in [-0.25, -0.2) is 4.90 Å². The molecule has 188 valence electrons. The molecule has 3 aromatic rings. The maximum atomic E-state index is 12.9. The third kappa shape index (κ3) is 5.10. The van der Waals surface area contributed by atoms with Crippen LogP contribution in [-0.2, 0) is 9.59 Å². The average Bonchev–Trinajstić information content (AvgIpc) is 3.08. The van der Waals surface area contributed by atoms with Crippen molar-refractivity contribution < 1.29 is 29.0 Å². The van der Waals surface area contributed by atoms with Gasteiger partial charge in [-0.1, -0.05) is 46.9 Å². The molecule has 0 radical (unpaired) electrons. The van der Waals surface area contributed by atoms with Crippen molar-refractivity contribution in [2.75, 3.05) is 22.6 Å². The quantitative estimate of drug-likeness (QED) is 0.418. The number of methoxy groups -OCH3 is 1.